The second kappa shape index (κ2) is 11.4. The number of nitrogens with one attached hydrogen (secondary N) is 2. The molecule has 3 N–H and O–H groups in total. The summed E-state index contributed by atoms with van der Waals surface area (Å²) in [6.07, 6.45) is 0. The van der Waals surface area contributed by atoms with Gasteiger partial charge in [-0.05, 0) is 77.3 Å². The molecule has 3 rings (SSSR count). The van der Waals surface area contributed by atoms with E-state index >= 15 is 0 Å². The summed E-state index contributed by atoms with van der Waals surface area (Å²) in [7, 11) is 0. The summed E-state index contributed by atoms with van der Waals surface area (Å²) < 4.78 is 4.09. The highest BCUT2D eigenvalue weighted by Crippen LogP contribution is 2.30. The molecule has 0 aliphatic heterocycles. The SMILES string of the molecule is CC.Cc1ccc(NSc2cc(C(=O)Nc3ccccc3C(=O)O)ccc2Br)cc1. The van der Waals surface area contributed by atoms with Gasteiger partial charge in [-0.1, -0.05) is 43.7 Å². The first-order valence-electron chi connectivity index (χ1n) is 9.37. The van der Waals surface area contributed by atoms with Crippen molar-refractivity contribution in [3.8, 4) is 0 Å². The van der Waals surface area contributed by atoms with E-state index in [1.165, 1.54) is 23.6 Å². The lowest BCUT2D eigenvalue weighted by Gasteiger charge is -2.11. The highest BCUT2D eigenvalue weighted by Gasteiger charge is 2.14. The van der Waals surface area contributed by atoms with Gasteiger partial charge in [-0.25, -0.2) is 4.79 Å². The predicted molar refractivity (Wildman–Crippen MR) is 128 cm³/mol. The van der Waals surface area contributed by atoms with Gasteiger partial charge in [-0.15, -0.1) is 0 Å². The number of rotatable bonds is 6. The third-order valence-electron chi connectivity index (χ3n) is 3.93. The number of amides is 1. The zero-order valence-corrected chi connectivity index (χ0v) is 19.3. The van der Waals surface area contributed by atoms with Crippen LogP contribution in [-0.4, -0.2) is 17.0 Å². The number of hydrogen-bond donors (Lipinski definition) is 3. The Balaban J connectivity index is 0.00000155. The fourth-order valence-electron chi connectivity index (χ4n) is 2.43. The van der Waals surface area contributed by atoms with Gasteiger partial charge in [0.2, 0.25) is 0 Å². The van der Waals surface area contributed by atoms with Crippen LogP contribution in [0.3, 0.4) is 0 Å². The van der Waals surface area contributed by atoms with Gasteiger partial charge < -0.3 is 15.1 Å². The van der Waals surface area contributed by atoms with Crippen molar-refractivity contribution in [1.82, 2.24) is 0 Å². The number of carboxylic acids is 1. The van der Waals surface area contributed by atoms with E-state index in [4.69, 9.17) is 0 Å². The molecule has 3 aromatic carbocycles. The summed E-state index contributed by atoms with van der Waals surface area (Å²) in [5.41, 5.74) is 2.86. The zero-order chi connectivity index (χ0) is 22.1. The second-order valence-corrected chi connectivity index (χ2v) is 7.72. The van der Waals surface area contributed by atoms with E-state index < -0.39 is 5.97 Å². The van der Waals surface area contributed by atoms with Crippen molar-refractivity contribution in [3.63, 3.8) is 0 Å². The Kier molecular flexibility index (Phi) is 8.95. The number of carbonyl (C=O) groups excluding carboxylic acids is 1. The first-order valence-corrected chi connectivity index (χ1v) is 11.0. The average Bonchev–Trinajstić information content (AvgIpc) is 2.76. The molecular weight excluding hydrogens is 464 g/mol. The van der Waals surface area contributed by atoms with Gasteiger partial charge >= 0.3 is 5.97 Å². The van der Waals surface area contributed by atoms with Crippen LogP contribution in [-0.2, 0) is 0 Å². The standard InChI is InChI=1S/C21H17BrN2O3S.C2H6/c1-13-6-9-15(10-7-13)24-28-19-12-14(8-11-17(19)22)20(25)23-18-5-3-2-4-16(18)21(26)27;1-2/h2-12,24H,1H3,(H,23,25)(H,26,27);1-2H3. The van der Waals surface area contributed by atoms with Crippen molar-refractivity contribution >= 4 is 51.1 Å². The van der Waals surface area contributed by atoms with Crippen LogP contribution in [0.4, 0.5) is 11.4 Å². The maximum atomic E-state index is 12.6. The predicted octanol–water partition coefficient (Wildman–Crippen LogP) is 6.85. The van der Waals surface area contributed by atoms with Crippen LogP contribution in [0, 0.1) is 6.92 Å². The van der Waals surface area contributed by atoms with Gasteiger partial charge in [0.05, 0.1) is 11.3 Å². The minimum absolute atomic E-state index is 0.0450. The van der Waals surface area contributed by atoms with E-state index in [1.54, 1.807) is 36.4 Å². The number of aromatic carboxylic acids is 1. The number of hydrogen-bond acceptors (Lipinski definition) is 4. The maximum Gasteiger partial charge on any atom is 0.337 e. The van der Waals surface area contributed by atoms with Gasteiger partial charge in [0.25, 0.3) is 5.91 Å². The van der Waals surface area contributed by atoms with E-state index in [0.717, 1.165) is 15.1 Å². The molecule has 0 aromatic heterocycles. The summed E-state index contributed by atoms with van der Waals surface area (Å²) in [5.74, 6) is -1.47. The highest BCUT2D eigenvalue weighted by molar-refractivity contribution is 9.10. The van der Waals surface area contributed by atoms with E-state index in [-0.39, 0.29) is 17.2 Å². The molecule has 7 heteroatoms. The second-order valence-electron chi connectivity index (χ2n) is 6.02. The van der Waals surface area contributed by atoms with Crippen molar-refractivity contribution in [3.05, 3.63) is 87.9 Å². The minimum Gasteiger partial charge on any atom is -0.478 e. The quantitative estimate of drug-likeness (QED) is 0.332. The zero-order valence-electron chi connectivity index (χ0n) is 16.9. The van der Waals surface area contributed by atoms with Crippen LogP contribution in [0.15, 0.2) is 76.1 Å². The Hall–Kier alpha value is -2.77. The molecule has 0 radical (unpaired) electrons. The molecule has 1 amide bonds. The first kappa shape index (κ1) is 23.5. The van der Waals surface area contributed by atoms with Crippen LogP contribution in [0.1, 0.15) is 40.1 Å². The minimum atomic E-state index is -1.09. The summed E-state index contributed by atoms with van der Waals surface area (Å²) in [6.45, 7) is 6.03. The Morgan fingerprint density at radius 2 is 1.63 bits per heavy atom. The van der Waals surface area contributed by atoms with Crippen LogP contribution < -0.4 is 10.0 Å². The summed E-state index contributed by atoms with van der Waals surface area (Å²) in [6, 6.07) is 19.5. The van der Waals surface area contributed by atoms with Gasteiger partial charge in [0, 0.05) is 20.6 Å². The molecule has 0 aliphatic rings. The van der Waals surface area contributed by atoms with Gasteiger partial charge in [-0.2, -0.15) is 0 Å². The molecular formula is C23H23BrN2O3S. The molecule has 0 heterocycles. The summed E-state index contributed by atoms with van der Waals surface area (Å²) in [5, 5.41) is 11.9. The van der Waals surface area contributed by atoms with Crippen LogP contribution in [0.2, 0.25) is 0 Å². The maximum absolute atomic E-state index is 12.6. The molecule has 5 nitrogen and oxygen atoms in total. The third kappa shape index (κ3) is 6.37. The number of carboxylic acid groups (broad SMARTS) is 1. The number of benzene rings is 3. The van der Waals surface area contributed by atoms with E-state index in [1.807, 2.05) is 45.0 Å². The third-order valence-corrected chi connectivity index (χ3v) is 5.78. The molecule has 0 saturated heterocycles. The number of anilines is 2. The smallest absolute Gasteiger partial charge is 0.337 e. The molecule has 0 aliphatic carbocycles. The van der Waals surface area contributed by atoms with Crippen molar-refractivity contribution in [2.75, 3.05) is 10.0 Å². The summed E-state index contributed by atoms with van der Waals surface area (Å²) >= 11 is 4.87. The van der Waals surface area contributed by atoms with Crippen molar-refractivity contribution in [2.45, 2.75) is 25.7 Å². The molecule has 156 valence electrons. The molecule has 0 atom stereocenters. The number of aryl methyl sites for hydroxylation is 1. The Bertz CT molecular complexity index is 1020. The summed E-state index contributed by atoms with van der Waals surface area (Å²) in [4.78, 5) is 24.8. The average molecular weight is 487 g/mol. The van der Waals surface area contributed by atoms with Gasteiger partial charge in [-0.3, -0.25) is 4.79 Å². The number of carbonyl (C=O) groups is 2. The fourth-order valence-corrected chi connectivity index (χ4v) is 3.64. The number of para-hydroxylation sites is 1. The fraction of sp³-hybridized carbons (Fsp3) is 0.130. The van der Waals surface area contributed by atoms with Crippen molar-refractivity contribution in [2.24, 2.45) is 0 Å². The molecule has 0 spiro atoms. The Labute approximate surface area is 189 Å². The monoisotopic (exact) mass is 486 g/mol. The lowest BCUT2D eigenvalue weighted by Crippen LogP contribution is -2.14. The molecule has 0 saturated carbocycles. The molecule has 0 unspecified atom stereocenters. The normalized spacial score (nSPS) is 9.87. The number of halogens is 1. The van der Waals surface area contributed by atoms with Crippen LogP contribution in [0.25, 0.3) is 0 Å². The topological polar surface area (TPSA) is 78.4 Å². The molecule has 0 bridgehead atoms. The lowest BCUT2D eigenvalue weighted by molar-refractivity contribution is 0.0698. The van der Waals surface area contributed by atoms with Crippen LogP contribution in [0.5, 0.6) is 0 Å². The van der Waals surface area contributed by atoms with E-state index in [0.29, 0.717) is 5.56 Å². The highest BCUT2D eigenvalue weighted by atomic mass is 79.9. The molecule has 30 heavy (non-hydrogen) atoms. The van der Waals surface area contributed by atoms with Crippen LogP contribution >= 0.6 is 27.9 Å². The van der Waals surface area contributed by atoms with Gasteiger partial charge in [0.1, 0.15) is 0 Å². The first-order chi connectivity index (χ1) is 14.4. The van der Waals surface area contributed by atoms with Crippen molar-refractivity contribution < 1.29 is 14.7 Å². The lowest BCUT2D eigenvalue weighted by atomic mass is 10.1. The largest absolute Gasteiger partial charge is 0.478 e. The van der Waals surface area contributed by atoms with Gasteiger partial charge in [0.15, 0.2) is 0 Å². The molecule has 0 fully saturated rings. The Morgan fingerprint density at radius 1 is 0.967 bits per heavy atom. The van der Waals surface area contributed by atoms with E-state index in [2.05, 4.69) is 26.0 Å². The Morgan fingerprint density at radius 3 is 2.30 bits per heavy atom. The van der Waals surface area contributed by atoms with E-state index in [9.17, 15) is 14.7 Å². The molecule has 3 aromatic rings. The van der Waals surface area contributed by atoms with Crippen molar-refractivity contribution in [1.29, 1.82) is 0 Å².